The van der Waals surface area contributed by atoms with Gasteiger partial charge in [0.25, 0.3) is 0 Å². The minimum Gasteiger partial charge on any atom is -0.496 e. The van der Waals surface area contributed by atoms with Crippen molar-refractivity contribution in [2.24, 2.45) is 5.92 Å². The Morgan fingerprint density at radius 3 is 2.44 bits per heavy atom. The second-order valence-corrected chi connectivity index (χ2v) is 12.1. The number of hydrogen-bond donors (Lipinski definition) is 1. The van der Waals surface area contributed by atoms with Crippen LogP contribution in [-0.4, -0.2) is 75.5 Å². The smallest absolute Gasteiger partial charge is 0.233 e. The number of nitrogens with zero attached hydrogens (tertiary/aromatic N) is 1. The third-order valence-electron chi connectivity index (χ3n) is 7.13. The lowest BCUT2D eigenvalue weighted by Crippen LogP contribution is -2.75. The number of nitrogens with one attached hydrogen (secondary N) is 1. The molecule has 10 nitrogen and oxygen atoms in total. The predicted molar refractivity (Wildman–Crippen MR) is 146 cm³/mol. The Labute approximate surface area is 241 Å². The maximum absolute atomic E-state index is 13.8. The number of carbonyl (C=O) groups excluding carboxylic acids is 4. The van der Waals surface area contributed by atoms with Gasteiger partial charge in [0.15, 0.2) is 0 Å². The molecule has 0 spiro atoms. The van der Waals surface area contributed by atoms with E-state index >= 15 is 0 Å². The van der Waals surface area contributed by atoms with Crippen LogP contribution in [0.25, 0.3) is 6.08 Å². The lowest BCUT2D eigenvalue weighted by molar-refractivity contribution is -0.164. The van der Waals surface area contributed by atoms with Crippen LogP contribution in [-0.2, 0) is 33.8 Å². The van der Waals surface area contributed by atoms with Crippen molar-refractivity contribution in [2.75, 3.05) is 33.9 Å². The van der Waals surface area contributed by atoms with E-state index in [1.165, 1.54) is 62.8 Å². The van der Waals surface area contributed by atoms with E-state index in [4.69, 9.17) is 21.1 Å². The number of sulfone groups is 1. The van der Waals surface area contributed by atoms with Crippen molar-refractivity contribution in [1.29, 1.82) is 0 Å². The summed E-state index contributed by atoms with van der Waals surface area (Å²) < 4.78 is 51.5. The van der Waals surface area contributed by atoms with E-state index in [9.17, 15) is 32.0 Å². The van der Waals surface area contributed by atoms with E-state index < -0.39 is 38.1 Å². The zero-order valence-corrected chi connectivity index (χ0v) is 23.9. The van der Waals surface area contributed by atoms with E-state index in [2.05, 4.69) is 5.32 Å². The van der Waals surface area contributed by atoms with Gasteiger partial charge < -0.3 is 19.7 Å². The number of halogens is 2. The monoisotopic (exact) mass is 606 g/mol. The third-order valence-corrected chi connectivity index (χ3v) is 9.78. The number of amides is 2. The first-order valence-corrected chi connectivity index (χ1v) is 14.5. The van der Waals surface area contributed by atoms with Crippen molar-refractivity contribution in [3.8, 4) is 5.75 Å². The first kappa shape index (κ1) is 30.4. The van der Waals surface area contributed by atoms with E-state index in [1.807, 2.05) is 0 Å². The third kappa shape index (κ3) is 5.51. The summed E-state index contributed by atoms with van der Waals surface area (Å²) in [6, 6.07) is 9.15. The van der Waals surface area contributed by atoms with Gasteiger partial charge in [0, 0.05) is 49.1 Å². The molecule has 3 fully saturated rings. The number of rotatable bonds is 6. The van der Waals surface area contributed by atoms with Gasteiger partial charge in [-0.25, -0.2) is 12.8 Å². The standard InChI is InChI=1S/C22H19ClFNO6S.C6H9NO2/c1-30-12-18-21(27)25-11-14(9-13-10-16(24)5-8-19(13)31-2)20(26)22(18,25)32(28,29)17-6-3-15(23)4-7-17;8-5-1-2-6(9)7-4-3-5/h3-10,18H,11-12H2,1-2H3;1-4H2,(H,7,9). The lowest BCUT2D eigenvalue weighted by Gasteiger charge is -2.50. The summed E-state index contributed by atoms with van der Waals surface area (Å²) in [5.74, 6) is -2.53. The van der Waals surface area contributed by atoms with Gasteiger partial charge in [-0.3, -0.25) is 19.2 Å². The zero-order chi connectivity index (χ0) is 29.9. The van der Waals surface area contributed by atoms with Crippen molar-refractivity contribution in [3.63, 3.8) is 0 Å². The highest BCUT2D eigenvalue weighted by atomic mass is 35.5. The largest absolute Gasteiger partial charge is 0.496 e. The van der Waals surface area contributed by atoms with Crippen molar-refractivity contribution in [1.82, 2.24) is 10.2 Å². The fraction of sp³-hybridized carbons (Fsp3) is 0.357. The second kappa shape index (κ2) is 12.1. The van der Waals surface area contributed by atoms with Gasteiger partial charge in [-0.1, -0.05) is 11.6 Å². The number of methoxy groups -OCH3 is 2. The van der Waals surface area contributed by atoms with E-state index in [-0.39, 0.29) is 40.9 Å². The molecule has 3 aliphatic rings. The van der Waals surface area contributed by atoms with Gasteiger partial charge in [-0.2, -0.15) is 0 Å². The fourth-order valence-electron chi connectivity index (χ4n) is 5.11. The normalized spacial score (nSPS) is 23.3. The van der Waals surface area contributed by atoms with Gasteiger partial charge in [0.1, 0.15) is 23.3 Å². The van der Waals surface area contributed by atoms with E-state index in [0.29, 0.717) is 36.6 Å². The topological polar surface area (TPSA) is 136 Å². The van der Waals surface area contributed by atoms with Crippen LogP contribution in [0.5, 0.6) is 5.75 Å². The average molecular weight is 607 g/mol. The second-order valence-electron chi connectivity index (χ2n) is 9.61. The molecule has 0 aliphatic carbocycles. The molecular formula is C28H28ClFN2O8S. The summed E-state index contributed by atoms with van der Waals surface area (Å²) >= 11 is 5.89. The molecule has 218 valence electrons. The minimum atomic E-state index is -4.35. The van der Waals surface area contributed by atoms with Gasteiger partial charge in [-0.15, -0.1) is 0 Å². The molecule has 0 aromatic heterocycles. The predicted octanol–water partition coefficient (Wildman–Crippen LogP) is 2.58. The molecule has 2 aromatic carbocycles. The van der Waals surface area contributed by atoms with Gasteiger partial charge in [-0.05, 0) is 48.5 Å². The maximum atomic E-state index is 13.8. The number of carbonyl (C=O) groups is 4. The van der Waals surface area contributed by atoms with Crippen LogP contribution in [0.2, 0.25) is 5.02 Å². The maximum Gasteiger partial charge on any atom is 0.233 e. The Morgan fingerprint density at radius 1 is 1.07 bits per heavy atom. The molecule has 3 aliphatic heterocycles. The lowest BCUT2D eigenvalue weighted by atomic mass is 9.86. The first-order valence-electron chi connectivity index (χ1n) is 12.6. The molecule has 3 saturated heterocycles. The number of β-lactam (4-membered cyclic amide) rings is 1. The molecule has 1 N–H and O–H groups in total. The van der Waals surface area contributed by atoms with Gasteiger partial charge in [0.2, 0.25) is 32.3 Å². The van der Waals surface area contributed by atoms with Crippen molar-refractivity contribution in [3.05, 3.63) is 64.4 Å². The van der Waals surface area contributed by atoms with Crippen LogP contribution in [0.15, 0.2) is 52.9 Å². The summed E-state index contributed by atoms with van der Waals surface area (Å²) in [6.07, 6.45) is 2.66. The molecule has 0 bridgehead atoms. The molecule has 2 unspecified atom stereocenters. The van der Waals surface area contributed by atoms with Gasteiger partial charge >= 0.3 is 0 Å². The molecule has 5 rings (SSSR count). The van der Waals surface area contributed by atoms with Crippen LogP contribution in [0, 0.1) is 11.7 Å². The quantitative estimate of drug-likeness (QED) is 0.391. The Balaban J connectivity index is 0.000000367. The molecule has 0 saturated carbocycles. The molecule has 13 heteroatoms. The first-order chi connectivity index (χ1) is 19.5. The van der Waals surface area contributed by atoms with E-state index in [1.54, 1.807) is 0 Å². The summed E-state index contributed by atoms with van der Waals surface area (Å²) in [7, 11) is -1.63. The highest BCUT2D eigenvalue weighted by molar-refractivity contribution is 7.93. The highest BCUT2D eigenvalue weighted by Gasteiger charge is 2.75. The molecule has 2 aromatic rings. The van der Waals surface area contributed by atoms with Crippen LogP contribution in [0.3, 0.4) is 0 Å². The molecule has 2 amide bonds. The van der Waals surface area contributed by atoms with Crippen LogP contribution in [0.4, 0.5) is 4.39 Å². The highest BCUT2D eigenvalue weighted by Crippen LogP contribution is 2.52. The Bertz CT molecular complexity index is 1510. The molecular weight excluding hydrogens is 579 g/mol. The number of ether oxygens (including phenoxy) is 2. The van der Waals surface area contributed by atoms with Crippen molar-refractivity contribution < 1.29 is 41.5 Å². The molecule has 41 heavy (non-hydrogen) atoms. The van der Waals surface area contributed by atoms with Crippen LogP contribution >= 0.6 is 11.6 Å². The van der Waals surface area contributed by atoms with Crippen LogP contribution < -0.4 is 10.1 Å². The van der Waals surface area contributed by atoms with Gasteiger partial charge in [0.05, 0.1) is 25.2 Å². The number of fused-ring (bicyclic) bond motifs is 1. The Hall–Kier alpha value is -3.61. The summed E-state index contributed by atoms with van der Waals surface area (Å²) in [5.41, 5.74) is 0.312. The minimum absolute atomic E-state index is 0.000787. The average Bonchev–Trinajstić information content (AvgIpc) is 3.04. The summed E-state index contributed by atoms with van der Waals surface area (Å²) in [4.78, 5) is 46.4. The summed E-state index contributed by atoms with van der Waals surface area (Å²) in [6.45, 7) is 0.0481. The Kier molecular flexibility index (Phi) is 8.95. The fourth-order valence-corrected chi connectivity index (χ4v) is 7.46. The SMILES string of the molecule is COCC1C(=O)N2CC(=Cc3cc(F)ccc3OC)C(=O)C12S(=O)(=O)c1ccc(Cl)cc1.O=C1CCNC(=O)CC1. The summed E-state index contributed by atoms with van der Waals surface area (Å²) in [5, 5.41) is 2.94. The van der Waals surface area contributed by atoms with Crippen LogP contribution in [0.1, 0.15) is 24.8 Å². The number of benzene rings is 2. The number of hydrogen-bond acceptors (Lipinski definition) is 8. The molecule has 0 radical (unpaired) electrons. The molecule has 3 heterocycles. The number of Topliss-reactive ketones (excluding diaryl/α,β-unsaturated/α-hetero) is 2. The zero-order valence-electron chi connectivity index (χ0n) is 22.3. The molecule has 2 atom stereocenters. The van der Waals surface area contributed by atoms with Crippen molar-refractivity contribution >= 4 is 50.9 Å². The number of ketones is 2. The Morgan fingerprint density at radius 2 is 1.78 bits per heavy atom. The van der Waals surface area contributed by atoms with Crippen molar-refractivity contribution in [2.45, 2.75) is 29.0 Å². The van der Waals surface area contributed by atoms with E-state index in [0.717, 1.165) is 4.90 Å².